The molecule has 0 radical (unpaired) electrons. The Morgan fingerprint density at radius 1 is 1.00 bits per heavy atom. The Hall–Kier alpha value is -0.0800. The van der Waals surface area contributed by atoms with Gasteiger partial charge in [-0.05, 0) is 51.5 Å². The van der Waals surface area contributed by atoms with Crippen molar-refractivity contribution in [1.82, 2.24) is 4.90 Å². The quantitative estimate of drug-likeness (QED) is 0.707. The maximum Gasteiger partial charge on any atom is 0.0100 e. The summed E-state index contributed by atoms with van der Waals surface area (Å²) >= 11 is 0. The Morgan fingerprint density at radius 3 is 1.88 bits per heavy atom. The molecule has 0 bridgehead atoms. The third-order valence-electron chi connectivity index (χ3n) is 3.00. The molecule has 17 heavy (non-hydrogen) atoms. The minimum Gasteiger partial charge on any atom is -0.326 e. The van der Waals surface area contributed by atoms with Crippen LogP contribution < -0.4 is 5.73 Å². The third kappa shape index (κ3) is 10.8. The maximum absolute atomic E-state index is 6.06. The van der Waals surface area contributed by atoms with Crippen molar-refractivity contribution >= 4 is 0 Å². The summed E-state index contributed by atoms with van der Waals surface area (Å²) in [4.78, 5) is 2.46. The molecule has 0 heterocycles. The van der Waals surface area contributed by atoms with Gasteiger partial charge in [-0.3, -0.25) is 0 Å². The van der Waals surface area contributed by atoms with Crippen molar-refractivity contribution in [2.75, 3.05) is 20.1 Å². The Labute approximate surface area is 109 Å². The molecule has 104 valence electrons. The fraction of sp³-hybridized carbons (Fsp3) is 1.00. The van der Waals surface area contributed by atoms with E-state index in [4.69, 9.17) is 5.73 Å². The van der Waals surface area contributed by atoms with E-state index in [9.17, 15) is 0 Å². The van der Waals surface area contributed by atoms with Crippen LogP contribution in [-0.2, 0) is 0 Å². The minimum atomic E-state index is -0.0379. The molecule has 0 spiro atoms. The van der Waals surface area contributed by atoms with Gasteiger partial charge in [0.05, 0.1) is 0 Å². The summed E-state index contributed by atoms with van der Waals surface area (Å²) in [6.07, 6.45) is 2.41. The highest BCUT2D eigenvalue weighted by atomic mass is 15.1. The van der Waals surface area contributed by atoms with E-state index < -0.39 is 0 Å². The van der Waals surface area contributed by atoms with Crippen LogP contribution in [-0.4, -0.2) is 30.6 Å². The van der Waals surface area contributed by atoms with Crippen molar-refractivity contribution in [1.29, 1.82) is 0 Å². The molecule has 0 aliphatic rings. The molecule has 0 aromatic heterocycles. The molecule has 0 aromatic carbocycles. The van der Waals surface area contributed by atoms with Crippen LogP contribution in [0.4, 0.5) is 0 Å². The van der Waals surface area contributed by atoms with Crippen LogP contribution in [0, 0.1) is 17.8 Å². The van der Waals surface area contributed by atoms with Crippen molar-refractivity contribution < 1.29 is 0 Å². The first-order valence-electron chi connectivity index (χ1n) is 7.07. The lowest BCUT2D eigenvalue weighted by Gasteiger charge is -2.28. The molecule has 0 aromatic rings. The molecular weight excluding hydrogens is 208 g/mol. The second-order valence-corrected chi connectivity index (χ2v) is 7.25. The zero-order valence-electron chi connectivity index (χ0n) is 13.1. The van der Waals surface area contributed by atoms with Crippen molar-refractivity contribution in [2.45, 2.75) is 59.9 Å². The second-order valence-electron chi connectivity index (χ2n) is 7.25. The standard InChI is InChI=1S/C15H34N2/c1-12(2)8-13(3)10-17(7)11-14(4)9-15(5,6)16/h12-14H,8-11,16H2,1-7H3. The highest BCUT2D eigenvalue weighted by Gasteiger charge is 2.17. The molecular formula is C15H34N2. The van der Waals surface area contributed by atoms with Crippen LogP contribution in [0.2, 0.25) is 0 Å². The lowest BCUT2D eigenvalue weighted by molar-refractivity contribution is 0.218. The number of nitrogens with zero attached hydrogens (tertiary/aromatic N) is 1. The molecule has 0 rings (SSSR count). The van der Waals surface area contributed by atoms with Crippen molar-refractivity contribution in [3.05, 3.63) is 0 Å². The number of nitrogens with two attached hydrogens (primary N) is 1. The lowest BCUT2D eigenvalue weighted by atomic mass is 9.92. The lowest BCUT2D eigenvalue weighted by Crippen LogP contribution is -2.37. The monoisotopic (exact) mass is 242 g/mol. The smallest absolute Gasteiger partial charge is 0.0100 e. The van der Waals surface area contributed by atoms with Gasteiger partial charge in [0.15, 0.2) is 0 Å². The Kier molecular flexibility index (Phi) is 7.34. The van der Waals surface area contributed by atoms with Gasteiger partial charge in [0.25, 0.3) is 0 Å². The van der Waals surface area contributed by atoms with Crippen LogP contribution in [0.1, 0.15) is 54.4 Å². The van der Waals surface area contributed by atoms with Crippen LogP contribution >= 0.6 is 0 Å². The molecule has 0 fully saturated rings. The second kappa shape index (κ2) is 7.38. The van der Waals surface area contributed by atoms with E-state index in [-0.39, 0.29) is 5.54 Å². The summed E-state index contributed by atoms with van der Waals surface area (Å²) in [5.74, 6) is 2.27. The summed E-state index contributed by atoms with van der Waals surface area (Å²) in [5, 5.41) is 0. The number of rotatable bonds is 8. The largest absolute Gasteiger partial charge is 0.326 e. The Balaban J connectivity index is 3.88. The van der Waals surface area contributed by atoms with E-state index in [1.165, 1.54) is 13.0 Å². The van der Waals surface area contributed by atoms with Gasteiger partial charge in [0, 0.05) is 18.6 Å². The summed E-state index contributed by atoms with van der Waals surface area (Å²) in [5.41, 5.74) is 6.02. The van der Waals surface area contributed by atoms with E-state index in [2.05, 4.69) is 53.5 Å². The van der Waals surface area contributed by atoms with E-state index in [1.54, 1.807) is 0 Å². The predicted octanol–water partition coefficient (Wildman–Crippen LogP) is 3.36. The van der Waals surface area contributed by atoms with Gasteiger partial charge in [-0.15, -0.1) is 0 Å². The van der Waals surface area contributed by atoms with Crippen LogP contribution in [0.3, 0.4) is 0 Å². The molecule has 0 saturated carbocycles. The van der Waals surface area contributed by atoms with Gasteiger partial charge >= 0.3 is 0 Å². The summed E-state index contributed by atoms with van der Waals surface area (Å²) in [7, 11) is 2.23. The van der Waals surface area contributed by atoms with Gasteiger partial charge < -0.3 is 10.6 Å². The first-order valence-corrected chi connectivity index (χ1v) is 7.07. The van der Waals surface area contributed by atoms with Crippen LogP contribution in [0.15, 0.2) is 0 Å². The minimum absolute atomic E-state index is 0.0379. The van der Waals surface area contributed by atoms with Crippen molar-refractivity contribution in [2.24, 2.45) is 23.5 Å². The van der Waals surface area contributed by atoms with E-state index in [1.807, 2.05) is 0 Å². The average molecular weight is 242 g/mol. The molecule has 2 N–H and O–H groups in total. The maximum atomic E-state index is 6.06. The zero-order chi connectivity index (χ0) is 13.6. The van der Waals surface area contributed by atoms with Gasteiger partial charge in [-0.2, -0.15) is 0 Å². The molecule has 2 heteroatoms. The summed E-state index contributed by atoms with van der Waals surface area (Å²) in [6.45, 7) is 15.9. The first kappa shape index (κ1) is 16.9. The van der Waals surface area contributed by atoms with Crippen LogP contribution in [0.5, 0.6) is 0 Å². The molecule has 2 atom stereocenters. The number of hydrogen-bond donors (Lipinski definition) is 1. The predicted molar refractivity (Wildman–Crippen MR) is 78.2 cm³/mol. The fourth-order valence-corrected chi connectivity index (χ4v) is 2.98. The Morgan fingerprint density at radius 2 is 1.47 bits per heavy atom. The average Bonchev–Trinajstić information content (AvgIpc) is 1.95. The van der Waals surface area contributed by atoms with Crippen LogP contribution in [0.25, 0.3) is 0 Å². The highest BCUT2D eigenvalue weighted by molar-refractivity contribution is 4.76. The summed E-state index contributed by atoms with van der Waals surface area (Å²) < 4.78 is 0. The van der Waals surface area contributed by atoms with Gasteiger partial charge in [0.2, 0.25) is 0 Å². The topological polar surface area (TPSA) is 29.3 Å². The van der Waals surface area contributed by atoms with E-state index >= 15 is 0 Å². The normalized spacial score (nSPS) is 16.6. The summed E-state index contributed by atoms with van der Waals surface area (Å²) in [6, 6.07) is 0. The third-order valence-corrected chi connectivity index (χ3v) is 3.00. The molecule has 0 aliphatic heterocycles. The SMILES string of the molecule is CC(C)CC(C)CN(C)CC(C)CC(C)(C)N. The van der Waals surface area contributed by atoms with E-state index in [0.29, 0.717) is 5.92 Å². The first-order chi connectivity index (χ1) is 7.60. The molecule has 0 aliphatic carbocycles. The van der Waals surface area contributed by atoms with Crippen molar-refractivity contribution in [3.63, 3.8) is 0 Å². The van der Waals surface area contributed by atoms with Gasteiger partial charge in [-0.1, -0.05) is 27.7 Å². The molecule has 2 nitrogen and oxygen atoms in total. The van der Waals surface area contributed by atoms with Crippen molar-refractivity contribution in [3.8, 4) is 0 Å². The number of hydrogen-bond acceptors (Lipinski definition) is 2. The fourth-order valence-electron chi connectivity index (χ4n) is 2.98. The van der Waals surface area contributed by atoms with Gasteiger partial charge in [-0.25, -0.2) is 0 Å². The molecule has 0 amide bonds. The van der Waals surface area contributed by atoms with E-state index in [0.717, 1.165) is 24.8 Å². The zero-order valence-corrected chi connectivity index (χ0v) is 13.1. The molecule has 2 unspecified atom stereocenters. The molecule has 0 saturated heterocycles. The van der Waals surface area contributed by atoms with Gasteiger partial charge in [0.1, 0.15) is 0 Å². The highest BCUT2D eigenvalue weighted by Crippen LogP contribution is 2.16. The Bertz CT molecular complexity index is 194.